The molecule has 0 aliphatic rings. The van der Waals surface area contributed by atoms with E-state index in [0.717, 1.165) is 0 Å². The Hall–Kier alpha value is -2.04. The number of benzene rings is 1. The number of carbonyl (C=O) groups is 1. The second-order valence-electron chi connectivity index (χ2n) is 3.89. The summed E-state index contributed by atoms with van der Waals surface area (Å²) in [5.41, 5.74) is 11.6. The highest BCUT2D eigenvalue weighted by atomic mass is 19.1. The van der Waals surface area contributed by atoms with E-state index in [9.17, 15) is 9.18 Å². The summed E-state index contributed by atoms with van der Waals surface area (Å²) in [6.07, 6.45) is 0.0793. The third-order valence-electron chi connectivity index (χ3n) is 2.48. The van der Waals surface area contributed by atoms with E-state index >= 15 is 0 Å². The number of halogens is 1. The smallest absolute Gasteiger partial charge is 0.246 e. The van der Waals surface area contributed by atoms with Crippen LogP contribution in [0.3, 0.4) is 0 Å². The molecule has 4 nitrogen and oxygen atoms in total. The molecule has 4 N–H and O–H groups in total. The molecule has 0 bridgehead atoms. The van der Waals surface area contributed by atoms with Crippen molar-refractivity contribution in [2.45, 2.75) is 20.3 Å². The average molecular weight is 252 g/mol. The minimum absolute atomic E-state index is 0.0793. The van der Waals surface area contributed by atoms with Crippen molar-refractivity contribution < 1.29 is 13.9 Å². The molecule has 5 heteroatoms. The van der Waals surface area contributed by atoms with E-state index < -0.39 is 11.7 Å². The van der Waals surface area contributed by atoms with Crippen LogP contribution in [0.5, 0.6) is 5.75 Å². The Morgan fingerprint density at radius 1 is 1.39 bits per heavy atom. The van der Waals surface area contributed by atoms with Gasteiger partial charge in [-0.25, -0.2) is 4.39 Å². The Kier molecular flexibility index (Phi) is 4.71. The van der Waals surface area contributed by atoms with Gasteiger partial charge < -0.3 is 16.2 Å². The Morgan fingerprint density at radius 2 is 2.06 bits per heavy atom. The van der Waals surface area contributed by atoms with Crippen LogP contribution in [-0.2, 0) is 11.2 Å². The lowest BCUT2D eigenvalue weighted by Gasteiger charge is -2.09. The monoisotopic (exact) mass is 252 g/mol. The fraction of sp³-hybridized carbons (Fsp3) is 0.308. The Labute approximate surface area is 105 Å². The van der Waals surface area contributed by atoms with Crippen molar-refractivity contribution in [2.24, 2.45) is 11.5 Å². The van der Waals surface area contributed by atoms with Gasteiger partial charge in [0, 0.05) is 23.8 Å². The third-order valence-corrected chi connectivity index (χ3v) is 2.48. The highest BCUT2D eigenvalue weighted by Crippen LogP contribution is 2.19. The third kappa shape index (κ3) is 3.48. The molecule has 98 valence electrons. The first-order valence-electron chi connectivity index (χ1n) is 5.62. The topological polar surface area (TPSA) is 78.3 Å². The van der Waals surface area contributed by atoms with Gasteiger partial charge in [-0.1, -0.05) is 6.07 Å². The van der Waals surface area contributed by atoms with Gasteiger partial charge in [-0.15, -0.1) is 0 Å². The first kappa shape index (κ1) is 14.0. The molecule has 0 saturated carbocycles. The Morgan fingerprint density at radius 3 is 2.50 bits per heavy atom. The van der Waals surface area contributed by atoms with Crippen LogP contribution in [0.15, 0.2) is 29.5 Å². The maximum atomic E-state index is 13.8. The number of nitrogens with two attached hydrogens (primary N) is 2. The van der Waals surface area contributed by atoms with Crippen molar-refractivity contribution in [3.8, 4) is 5.75 Å². The van der Waals surface area contributed by atoms with E-state index in [0.29, 0.717) is 23.6 Å². The highest BCUT2D eigenvalue weighted by Gasteiger charge is 2.12. The molecular weight excluding hydrogens is 235 g/mol. The van der Waals surface area contributed by atoms with Crippen LogP contribution >= 0.6 is 0 Å². The molecule has 1 rings (SSSR count). The normalized spacial score (nSPS) is 11.9. The number of amides is 1. The van der Waals surface area contributed by atoms with Crippen molar-refractivity contribution in [1.82, 2.24) is 0 Å². The standard InChI is InChI=1S/C13H17FN2O2/c1-3-18-10-5-4-9(12(14)7-10)6-11(8(2)15)13(16)17/h4-5,7H,3,6,15H2,1-2H3,(H2,16,17)/b11-8-. The zero-order valence-corrected chi connectivity index (χ0v) is 10.5. The lowest BCUT2D eigenvalue weighted by atomic mass is 10.0. The van der Waals surface area contributed by atoms with Crippen LogP contribution in [0.4, 0.5) is 4.39 Å². The van der Waals surface area contributed by atoms with Crippen molar-refractivity contribution in [3.05, 3.63) is 40.8 Å². The van der Waals surface area contributed by atoms with Crippen LogP contribution < -0.4 is 16.2 Å². The van der Waals surface area contributed by atoms with Gasteiger partial charge in [-0.05, 0) is 25.5 Å². The number of rotatable bonds is 5. The van der Waals surface area contributed by atoms with E-state index in [4.69, 9.17) is 16.2 Å². The zero-order valence-electron chi connectivity index (χ0n) is 10.5. The van der Waals surface area contributed by atoms with Gasteiger partial charge in [0.15, 0.2) is 0 Å². The van der Waals surface area contributed by atoms with E-state index in [1.807, 2.05) is 6.92 Å². The number of ether oxygens (including phenoxy) is 1. The maximum absolute atomic E-state index is 13.8. The summed E-state index contributed by atoms with van der Waals surface area (Å²) in [7, 11) is 0. The van der Waals surface area contributed by atoms with E-state index in [1.165, 1.54) is 6.07 Å². The molecule has 0 heterocycles. The molecule has 0 radical (unpaired) electrons. The summed E-state index contributed by atoms with van der Waals surface area (Å²) < 4.78 is 18.9. The minimum atomic E-state index is -0.636. The van der Waals surface area contributed by atoms with Crippen molar-refractivity contribution in [2.75, 3.05) is 6.61 Å². The molecule has 0 aliphatic heterocycles. The van der Waals surface area contributed by atoms with E-state index in [2.05, 4.69) is 0 Å². The fourth-order valence-electron chi connectivity index (χ4n) is 1.54. The number of hydrogen-bond acceptors (Lipinski definition) is 3. The first-order valence-corrected chi connectivity index (χ1v) is 5.62. The largest absolute Gasteiger partial charge is 0.494 e. The van der Waals surface area contributed by atoms with Gasteiger partial charge in [0.25, 0.3) is 0 Å². The molecule has 0 saturated heterocycles. The lowest BCUT2D eigenvalue weighted by Crippen LogP contribution is -2.20. The number of primary amides is 1. The molecular formula is C13H17FN2O2. The second-order valence-corrected chi connectivity index (χ2v) is 3.89. The van der Waals surface area contributed by atoms with Gasteiger partial charge in [0.1, 0.15) is 11.6 Å². The van der Waals surface area contributed by atoms with E-state index in [1.54, 1.807) is 19.1 Å². The summed E-state index contributed by atoms with van der Waals surface area (Å²) in [4.78, 5) is 11.2. The van der Waals surface area contributed by atoms with Crippen molar-refractivity contribution >= 4 is 5.91 Å². The number of hydrogen-bond donors (Lipinski definition) is 2. The molecule has 1 aromatic carbocycles. The SMILES string of the molecule is CCOc1ccc(C/C(C(N)=O)=C(\C)N)c(F)c1. The number of carbonyl (C=O) groups excluding carboxylic acids is 1. The Balaban J connectivity index is 2.98. The van der Waals surface area contributed by atoms with Crippen LogP contribution in [0, 0.1) is 5.82 Å². The van der Waals surface area contributed by atoms with Gasteiger partial charge in [0.2, 0.25) is 5.91 Å². The first-order chi connectivity index (χ1) is 8.45. The Bertz CT molecular complexity index is 480. The molecule has 0 aliphatic carbocycles. The van der Waals surface area contributed by atoms with Crippen LogP contribution in [0.25, 0.3) is 0 Å². The number of allylic oxidation sites excluding steroid dienone is 1. The molecule has 0 fully saturated rings. The highest BCUT2D eigenvalue weighted by molar-refractivity contribution is 5.93. The summed E-state index contributed by atoms with van der Waals surface area (Å²) in [5, 5.41) is 0. The van der Waals surface area contributed by atoms with E-state index in [-0.39, 0.29) is 12.0 Å². The lowest BCUT2D eigenvalue weighted by molar-refractivity contribution is -0.114. The molecule has 1 aromatic rings. The van der Waals surface area contributed by atoms with Crippen molar-refractivity contribution in [3.63, 3.8) is 0 Å². The summed E-state index contributed by atoms with van der Waals surface area (Å²) in [6.45, 7) is 3.84. The second kappa shape index (κ2) is 6.05. The van der Waals surface area contributed by atoms with Crippen LogP contribution in [0.1, 0.15) is 19.4 Å². The molecule has 0 spiro atoms. The molecule has 18 heavy (non-hydrogen) atoms. The van der Waals surface area contributed by atoms with Gasteiger partial charge in [-0.2, -0.15) is 0 Å². The molecule has 0 atom stereocenters. The van der Waals surface area contributed by atoms with Crippen molar-refractivity contribution in [1.29, 1.82) is 0 Å². The minimum Gasteiger partial charge on any atom is -0.494 e. The zero-order chi connectivity index (χ0) is 13.7. The summed E-state index contributed by atoms with van der Waals surface area (Å²) in [6, 6.07) is 4.49. The summed E-state index contributed by atoms with van der Waals surface area (Å²) in [5.74, 6) is -0.628. The van der Waals surface area contributed by atoms with Gasteiger partial charge >= 0.3 is 0 Å². The quantitative estimate of drug-likeness (QED) is 0.779. The average Bonchev–Trinajstić information content (AvgIpc) is 2.27. The molecule has 0 unspecified atom stereocenters. The molecule has 0 aromatic heterocycles. The molecule has 1 amide bonds. The van der Waals surface area contributed by atoms with Crippen LogP contribution in [0.2, 0.25) is 0 Å². The fourth-order valence-corrected chi connectivity index (χ4v) is 1.54. The van der Waals surface area contributed by atoms with Gasteiger partial charge in [0.05, 0.1) is 6.61 Å². The van der Waals surface area contributed by atoms with Gasteiger partial charge in [-0.3, -0.25) is 4.79 Å². The predicted octanol–water partition coefficient (Wildman–Crippen LogP) is 1.48. The van der Waals surface area contributed by atoms with Crippen LogP contribution in [-0.4, -0.2) is 12.5 Å². The summed E-state index contributed by atoms with van der Waals surface area (Å²) >= 11 is 0. The maximum Gasteiger partial charge on any atom is 0.246 e. The predicted molar refractivity (Wildman–Crippen MR) is 67.4 cm³/mol.